The van der Waals surface area contributed by atoms with Gasteiger partial charge < -0.3 is 0 Å². The van der Waals surface area contributed by atoms with E-state index in [-0.39, 0.29) is 0 Å². The molecule has 0 aliphatic heterocycles. The molecule has 2 rings (SSSR count). The Labute approximate surface area is 249 Å². The highest BCUT2D eigenvalue weighted by Crippen LogP contribution is 2.43. The van der Waals surface area contributed by atoms with Gasteiger partial charge in [-0.2, -0.15) is 0 Å². The van der Waals surface area contributed by atoms with Gasteiger partial charge in [-0.15, -0.1) is 0 Å². The van der Waals surface area contributed by atoms with Crippen molar-refractivity contribution in [3.63, 3.8) is 0 Å². The molecule has 0 heterocycles. The SMILES string of the molecule is CC1=C(/C=C/C(C)=C/C=C/C(C)=C/C=C/C=C(C)/C=C/C[C@H](C)CCC2=C(C)CCCC2(C)C)C(C)(C)CCC1. The zero-order valence-electron chi connectivity index (χ0n) is 27.8. The topological polar surface area (TPSA) is 0 Å². The van der Waals surface area contributed by atoms with Crippen LogP contribution in [0, 0.1) is 16.7 Å². The molecule has 0 spiro atoms. The quantitative estimate of drug-likeness (QED) is 0.170. The Balaban J connectivity index is 1.79. The molecule has 40 heavy (non-hydrogen) atoms. The molecule has 0 amide bonds. The van der Waals surface area contributed by atoms with Crippen LogP contribution in [0.2, 0.25) is 0 Å². The van der Waals surface area contributed by atoms with E-state index in [4.69, 9.17) is 0 Å². The number of hydrogen-bond acceptors (Lipinski definition) is 0. The fourth-order valence-electron chi connectivity index (χ4n) is 6.38. The van der Waals surface area contributed by atoms with Gasteiger partial charge in [0.1, 0.15) is 0 Å². The zero-order valence-corrected chi connectivity index (χ0v) is 27.8. The van der Waals surface area contributed by atoms with E-state index < -0.39 is 0 Å². The Morgan fingerprint density at radius 3 is 1.90 bits per heavy atom. The summed E-state index contributed by atoms with van der Waals surface area (Å²) in [4.78, 5) is 0. The van der Waals surface area contributed by atoms with Crippen LogP contribution >= 0.6 is 0 Å². The van der Waals surface area contributed by atoms with Crippen LogP contribution in [0.3, 0.4) is 0 Å². The zero-order chi connectivity index (χ0) is 29.8. The van der Waals surface area contributed by atoms with Crippen LogP contribution in [0.1, 0.15) is 127 Å². The Bertz CT molecular complexity index is 1110. The van der Waals surface area contributed by atoms with Crippen LogP contribution in [-0.4, -0.2) is 0 Å². The molecule has 1 atom stereocenters. The van der Waals surface area contributed by atoms with E-state index >= 15 is 0 Å². The first-order chi connectivity index (χ1) is 18.8. The predicted octanol–water partition coefficient (Wildman–Crippen LogP) is 12.9. The fourth-order valence-corrected chi connectivity index (χ4v) is 6.38. The summed E-state index contributed by atoms with van der Waals surface area (Å²) in [5.74, 6) is 0.725. The van der Waals surface area contributed by atoms with Gasteiger partial charge in [0.15, 0.2) is 0 Å². The van der Waals surface area contributed by atoms with Gasteiger partial charge in [0.05, 0.1) is 0 Å². The lowest BCUT2D eigenvalue weighted by molar-refractivity contribution is 0.344. The molecule has 2 aliphatic rings. The average molecular weight is 541 g/mol. The maximum absolute atomic E-state index is 2.44. The third kappa shape index (κ3) is 11.6. The summed E-state index contributed by atoms with van der Waals surface area (Å²) in [7, 11) is 0. The van der Waals surface area contributed by atoms with Crippen LogP contribution in [0.15, 0.2) is 106 Å². The van der Waals surface area contributed by atoms with Gasteiger partial charge in [0, 0.05) is 0 Å². The molecular weight excluding hydrogens is 480 g/mol. The summed E-state index contributed by atoms with van der Waals surface area (Å²) in [6.45, 7) is 23.2. The van der Waals surface area contributed by atoms with Crippen molar-refractivity contribution in [1.29, 1.82) is 0 Å². The van der Waals surface area contributed by atoms with Crippen molar-refractivity contribution in [3.8, 4) is 0 Å². The minimum Gasteiger partial charge on any atom is -0.0840 e. The van der Waals surface area contributed by atoms with E-state index in [0.717, 1.165) is 12.3 Å². The highest BCUT2D eigenvalue weighted by Gasteiger charge is 2.28. The van der Waals surface area contributed by atoms with Gasteiger partial charge in [-0.1, -0.05) is 135 Å². The molecular formula is C40H60. The number of hydrogen-bond donors (Lipinski definition) is 0. The smallest absolute Gasteiger partial charge is 0.0104 e. The van der Waals surface area contributed by atoms with Crippen LogP contribution < -0.4 is 0 Å². The average Bonchev–Trinajstić information content (AvgIpc) is 2.85. The molecule has 0 bridgehead atoms. The standard InChI is InChI=1S/C40H60/c1-31(19-13-21-33(3)25-27-37-35(5)23-15-29-39(37,7)8)17-11-12-18-32(2)20-14-22-34(4)26-28-38-36(6)24-16-30-40(38,9)10/h11-14,17-21,25,27,34H,15-16,22-24,26,28-30H2,1-10H3/b12-11+,19-13+,20-14+,27-25+,31-17+,32-18+,33-21+/t34-/m0/s1. The Morgan fingerprint density at radius 2 is 1.27 bits per heavy atom. The van der Waals surface area contributed by atoms with E-state index in [2.05, 4.69) is 136 Å². The summed E-state index contributed by atoms with van der Waals surface area (Å²) in [6, 6.07) is 0. The second-order valence-corrected chi connectivity index (χ2v) is 14.0. The van der Waals surface area contributed by atoms with Crippen molar-refractivity contribution >= 4 is 0 Å². The van der Waals surface area contributed by atoms with Gasteiger partial charge in [-0.05, 0) is 115 Å². The summed E-state index contributed by atoms with van der Waals surface area (Å²) in [6.07, 6.45) is 36.0. The minimum absolute atomic E-state index is 0.297. The van der Waals surface area contributed by atoms with Crippen molar-refractivity contribution in [3.05, 3.63) is 106 Å². The molecule has 2 aliphatic carbocycles. The van der Waals surface area contributed by atoms with Crippen molar-refractivity contribution in [2.75, 3.05) is 0 Å². The van der Waals surface area contributed by atoms with E-state index in [9.17, 15) is 0 Å². The van der Waals surface area contributed by atoms with Crippen molar-refractivity contribution in [2.24, 2.45) is 16.7 Å². The van der Waals surface area contributed by atoms with Crippen molar-refractivity contribution in [1.82, 2.24) is 0 Å². The first-order valence-corrected chi connectivity index (χ1v) is 15.9. The maximum atomic E-state index is 2.44. The van der Waals surface area contributed by atoms with Crippen LogP contribution in [-0.2, 0) is 0 Å². The second kappa shape index (κ2) is 16.2. The van der Waals surface area contributed by atoms with Crippen LogP contribution in [0.4, 0.5) is 0 Å². The lowest BCUT2D eigenvalue weighted by atomic mass is 9.70. The molecule has 0 nitrogen and oxygen atoms in total. The van der Waals surface area contributed by atoms with Crippen LogP contribution in [0.25, 0.3) is 0 Å². The van der Waals surface area contributed by atoms with E-state index in [1.165, 1.54) is 73.7 Å². The molecule has 0 aromatic carbocycles. The Kier molecular flexibility index (Phi) is 13.7. The fraction of sp³-hybridized carbons (Fsp3) is 0.550. The molecule has 0 aromatic heterocycles. The third-order valence-corrected chi connectivity index (χ3v) is 9.09. The van der Waals surface area contributed by atoms with Gasteiger partial charge in [0.2, 0.25) is 0 Å². The largest absolute Gasteiger partial charge is 0.0840 e. The molecule has 0 N–H and O–H groups in total. The van der Waals surface area contributed by atoms with Crippen LogP contribution in [0.5, 0.6) is 0 Å². The maximum Gasteiger partial charge on any atom is -0.0104 e. The predicted molar refractivity (Wildman–Crippen MR) is 182 cm³/mol. The Hall–Kier alpha value is -2.34. The monoisotopic (exact) mass is 540 g/mol. The minimum atomic E-state index is 0.297. The van der Waals surface area contributed by atoms with Gasteiger partial charge >= 0.3 is 0 Å². The highest BCUT2D eigenvalue weighted by molar-refractivity contribution is 5.37. The van der Waals surface area contributed by atoms with Crippen molar-refractivity contribution in [2.45, 2.75) is 127 Å². The normalized spacial score (nSPS) is 22.1. The third-order valence-electron chi connectivity index (χ3n) is 9.09. The molecule has 0 aromatic rings. The Morgan fingerprint density at radius 1 is 0.725 bits per heavy atom. The molecule has 0 radical (unpaired) electrons. The molecule has 0 saturated heterocycles. The van der Waals surface area contributed by atoms with E-state index in [1.807, 2.05) is 0 Å². The summed E-state index contributed by atoms with van der Waals surface area (Å²) < 4.78 is 0. The second-order valence-electron chi connectivity index (χ2n) is 14.0. The summed E-state index contributed by atoms with van der Waals surface area (Å²) in [5, 5.41) is 0. The molecule has 220 valence electrons. The lowest BCUT2D eigenvalue weighted by Crippen LogP contribution is -2.20. The van der Waals surface area contributed by atoms with Gasteiger partial charge in [0.25, 0.3) is 0 Å². The van der Waals surface area contributed by atoms with E-state index in [0.29, 0.717) is 10.8 Å². The summed E-state index contributed by atoms with van der Waals surface area (Å²) in [5.41, 5.74) is 11.0. The number of rotatable bonds is 12. The lowest BCUT2D eigenvalue weighted by Gasteiger charge is -2.35. The van der Waals surface area contributed by atoms with E-state index in [1.54, 1.807) is 16.7 Å². The number of allylic oxidation sites excluding steroid dienone is 18. The van der Waals surface area contributed by atoms with Gasteiger partial charge in [-0.25, -0.2) is 0 Å². The first-order valence-electron chi connectivity index (χ1n) is 15.9. The molecule has 0 fully saturated rings. The first kappa shape index (κ1) is 33.9. The van der Waals surface area contributed by atoms with Gasteiger partial charge in [-0.3, -0.25) is 0 Å². The highest BCUT2D eigenvalue weighted by atomic mass is 14.3. The molecule has 0 unspecified atom stereocenters. The van der Waals surface area contributed by atoms with Crippen molar-refractivity contribution < 1.29 is 0 Å². The molecule has 0 heteroatoms. The summed E-state index contributed by atoms with van der Waals surface area (Å²) >= 11 is 0. The molecule has 0 saturated carbocycles.